The Morgan fingerprint density at radius 2 is 1.72 bits per heavy atom. The average molecular weight is 561 g/mol. The van der Waals surface area contributed by atoms with Gasteiger partial charge in [0.25, 0.3) is 0 Å². The van der Waals surface area contributed by atoms with Crippen molar-refractivity contribution in [2.45, 2.75) is 32.6 Å². The standard InChI is InChI=1S/C31H26Cl2N2O4/c1-18(2)30-22(28(35-39-30)27-24(32)9-5-10-25(27)33)8-6-16-38-21-14-12-19(13-15-21)23-17-20-7-3-4-11-26(20)34-29(23)31(36)37/h3-5,7,9-15,17-18H,6,8,16H2,1-2H3,(H,36,37). The van der Waals surface area contributed by atoms with E-state index in [0.29, 0.717) is 51.2 Å². The number of carbonyl (C=O) groups is 1. The summed E-state index contributed by atoms with van der Waals surface area (Å²) >= 11 is 12.9. The number of halogens is 2. The Bertz CT molecular complexity index is 1620. The lowest BCUT2D eigenvalue weighted by molar-refractivity contribution is 0.0692. The van der Waals surface area contributed by atoms with Gasteiger partial charge in [0, 0.05) is 28.0 Å². The smallest absolute Gasteiger partial charge is 0.355 e. The predicted molar refractivity (Wildman–Crippen MR) is 154 cm³/mol. The van der Waals surface area contributed by atoms with Crippen LogP contribution in [-0.4, -0.2) is 27.8 Å². The lowest BCUT2D eigenvalue weighted by Gasteiger charge is -2.11. The Morgan fingerprint density at radius 1 is 1.00 bits per heavy atom. The maximum Gasteiger partial charge on any atom is 0.355 e. The van der Waals surface area contributed by atoms with E-state index in [9.17, 15) is 9.90 Å². The maximum absolute atomic E-state index is 11.9. The highest BCUT2D eigenvalue weighted by Gasteiger charge is 2.23. The lowest BCUT2D eigenvalue weighted by Crippen LogP contribution is -2.04. The molecule has 0 saturated heterocycles. The number of carboxylic acid groups (broad SMARTS) is 1. The fraction of sp³-hybridized carbons (Fsp3) is 0.194. The van der Waals surface area contributed by atoms with Crippen molar-refractivity contribution in [3.63, 3.8) is 0 Å². The van der Waals surface area contributed by atoms with Gasteiger partial charge in [-0.1, -0.05) is 78.6 Å². The first-order valence-electron chi connectivity index (χ1n) is 12.6. The molecular formula is C31H26Cl2N2O4. The second-order valence-electron chi connectivity index (χ2n) is 9.48. The zero-order valence-electron chi connectivity index (χ0n) is 21.4. The van der Waals surface area contributed by atoms with Gasteiger partial charge in [-0.2, -0.15) is 0 Å². The largest absolute Gasteiger partial charge is 0.494 e. The molecule has 0 unspecified atom stereocenters. The summed E-state index contributed by atoms with van der Waals surface area (Å²) in [6.07, 6.45) is 1.40. The van der Waals surface area contributed by atoms with E-state index in [1.165, 1.54) is 0 Å². The van der Waals surface area contributed by atoms with E-state index in [-0.39, 0.29) is 11.6 Å². The highest BCUT2D eigenvalue weighted by molar-refractivity contribution is 6.39. The molecule has 5 aromatic rings. The highest BCUT2D eigenvalue weighted by Crippen LogP contribution is 2.39. The molecule has 2 aromatic heterocycles. The summed E-state index contributed by atoms with van der Waals surface area (Å²) in [6, 6.07) is 22.1. The second kappa shape index (κ2) is 11.5. The summed E-state index contributed by atoms with van der Waals surface area (Å²) in [5.41, 5.74) is 4.30. The van der Waals surface area contributed by atoms with Gasteiger partial charge >= 0.3 is 5.97 Å². The predicted octanol–water partition coefficient (Wildman–Crippen LogP) is 8.70. The third-order valence-electron chi connectivity index (χ3n) is 6.47. The number of para-hydroxylation sites is 1. The van der Waals surface area contributed by atoms with Crippen molar-refractivity contribution in [3.05, 3.63) is 99.9 Å². The highest BCUT2D eigenvalue weighted by atomic mass is 35.5. The number of fused-ring (bicyclic) bond motifs is 1. The summed E-state index contributed by atoms with van der Waals surface area (Å²) in [7, 11) is 0. The quantitative estimate of drug-likeness (QED) is 0.181. The summed E-state index contributed by atoms with van der Waals surface area (Å²) in [5.74, 6) is 0.580. The van der Waals surface area contributed by atoms with Crippen LogP contribution in [0.2, 0.25) is 10.0 Å². The van der Waals surface area contributed by atoms with Gasteiger partial charge in [-0.25, -0.2) is 9.78 Å². The van der Waals surface area contributed by atoms with Gasteiger partial charge in [0.05, 0.1) is 22.2 Å². The van der Waals surface area contributed by atoms with Gasteiger partial charge in [0.1, 0.15) is 17.2 Å². The number of hydrogen-bond donors (Lipinski definition) is 1. The molecule has 0 amide bonds. The molecule has 3 aromatic carbocycles. The fourth-order valence-corrected chi connectivity index (χ4v) is 5.18. The van der Waals surface area contributed by atoms with Crippen molar-refractivity contribution in [2.75, 3.05) is 6.61 Å². The van der Waals surface area contributed by atoms with E-state index >= 15 is 0 Å². The zero-order valence-corrected chi connectivity index (χ0v) is 23.0. The van der Waals surface area contributed by atoms with E-state index in [1.807, 2.05) is 48.5 Å². The number of benzene rings is 3. The minimum Gasteiger partial charge on any atom is -0.494 e. The van der Waals surface area contributed by atoms with Crippen LogP contribution in [0.4, 0.5) is 0 Å². The number of rotatable bonds is 9. The number of ether oxygens (including phenoxy) is 1. The third kappa shape index (κ3) is 5.63. The number of hydrogen-bond acceptors (Lipinski definition) is 5. The van der Waals surface area contributed by atoms with Gasteiger partial charge in [-0.05, 0) is 54.8 Å². The number of aromatic nitrogens is 2. The van der Waals surface area contributed by atoms with Gasteiger partial charge in [-0.15, -0.1) is 0 Å². The van der Waals surface area contributed by atoms with Crippen LogP contribution in [0.15, 0.2) is 77.3 Å². The molecule has 1 N–H and O–H groups in total. The molecule has 0 radical (unpaired) electrons. The summed E-state index contributed by atoms with van der Waals surface area (Å²) in [4.78, 5) is 16.2. The molecule has 0 saturated carbocycles. The van der Waals surface area contributed by atoms with Crippen LogP contribution in [0.5, 0.6) is 5.75 Å². The Labute approximate surface area is 236 Å². The Hall–Kier alpha value is -3.87. The average Bonchev–Trinajstić information content (AvgIpc) is 3.34. The molecule has 2 heterocycles. The van der Waals surface area contributed by atoms with Gasteiger partial charge in [-0.3, -0.25) is 0 Å². The molecule has 0 spiro atoms. The van der Waals surface area contributed by atoms with E-state index in [4.69, 9.17) is 32.5 Å². The first-order chi connectivity index (χ1) is 18.8. The molecule has 0 aliphatic carbocycles. The SMILES string of the molecule is CC(C)c1onc(-c2c(Cl)cccc2Cl)c1CCCOc1ccc(-c2cc3ccccc3nc2C(=O)O)cc1. The topological polar surface area (TPSA) is 85.5 Å². The van der Waals surface area contributed by atoms with Crippen molar-refractivity contribution in [3.8, 4) is 28.1 Å². The molecule has 0 fully saturated rings. The van der Waals surface area contributed by atoms with Crippen LogP contribution in [0.3, 0.4) is 0 Å². The van der Waals surface area contributed by atoms with Crippen LogP contribution in [0, 0.1) is 0 Å². The molecule has 8 heteroatoms. The normalized spacial score (nSPS) is 11.3. The first-order valence-corrected chi connectivity index (χ1v) is 13.4. The van der Waals surface area contributed by atoms with Crippen LogP contribution < -0.4 is 4.74 Å². The van der Waals surface area contributed by atoms with E-state index in [0.717, 1.165) is 28.7 Å². The monoisotopic (exact) mass is 560 g/mol. The van der Waals surface area contributed by atoms with Crippen LogP contribution in [-0.2, 0) is 6.42 Å². The summed E-state index contributed by atoms with van der Waals surface area (Å²) in [5, 5.41) is 16.0. The third-order valence-corrected chi connectivity index (χ3v) is 7.10. The number of nitrogens with zero attached hydrogens (tertiary/aromatic N) is 2. The van der Waals surface area contributed by atoms with Gasteiger partial charge in [0.2, 0.25) is 0 Å². The fourth-order valence-electron chi connectivity index (χ4n) is 4.61. The minimum absolute atomic E-state index is 0.0199. The van der Waals surface area contributed by atoms with E-state index in [2.05, 4.69) is 24.0 Å². The van der Waals surface area contributed by atoms with Crippen molar-refractivity contribution in [1.82, 2.24) is 10.1 Å². The van der Waals surface area contributed by atoms with E-state index in [1.54, 1.807) is 24.3 Å². The maximum atomic E-state index is 11.9. The Balaban J connectivity index is 1.30. The number of aromatic carboxylic acids is 1. The van der Waals surface area contributed by atoms with Gasteiger partial charge in [0.15, 0.2) is 5.69 Å². The minimum atomic E-state index is -1.07. The molecule has 0 bridgehead atoms. The Morgan fingerprint density at radius 3 is 2.41 bits per heavy atom. The summed E-state index contributed by atoms with van der Waals surface area (Å²) in [6.45, 7) is 4.58. The second-order valence-corrected chi connectivity index (χ2v) is 10.3. The van der Waals surface area contributed by atoms with Gasteiger partial charge < -0.3 is 14.4 Å². The molecular weight excluding hydrogens is 535 g/mol. The number of pyridine rings is 1. The molecule has 39 heavy (non-hydrogen) atoms. The molecule has 198 valence electrons. The molecule has 6 nitrogen and oxygen atoms in total. The van der Waals surface area contributed by atoms with Crippen LogP contribution in [0.25, 0.3) is 33.3 Å². The summed E-state index contributed by atoms with van der Waals surface area (Å²) < 4.78 is 11.7. The molecule has 0 aliphatic rings. The van der Waals surface area contributed by atoms with Crippen molar-refractivity contribution in [1.29, 1.82) is 0 Å². The zero-order chi connectivity index (χ0) is 27.5. The van der Waals surface area contributed by atoms with Crippen LogP contribution >= 0.6 is 23.2 Å². The van der Waals surface area contributed by atoms with Crippen LogP contribution in [0.1, 0.15) is 48.0 Å². The molecule has 0 atom stereocenters. The van der Waals surface area contributed by atoms with E-state index < -0.39 is 5.97 Å². The Kier molecular flexibility index (Phi) is 7.87. The molecule has 5 rings (SSSR count). The van der Waals surface area contributed by atoms with Crippen molar-refractivity contribution in [2.24, 2.45) is 0 Å². The first kappa shape index (κ1) is 26.7. The lowest BCUT2D eigenvalue weighted by atomic mass is 9.97. The molecule has 0 aliphatic heterocycles. The van der Waals surface area contributed by atoms with Crippen molar-refractivity contribution >= 4 is 40.1 Å². The van der Waals surface area contributed by atoms with Crippen molar-refractivity contribution < 1.29 is 19.2 Å². The number of carboxylic acids is 1.